The van der Waals surface area contributed by atoms with E-state index in [1.165, 1.54) is 12.7 Å². The molecule has 0 aliphatic heterocycles. The topological polar surface area (TPSA) is 38.3 Å². The van der Waals surface area contributed by atoms with E-state index in [9.17, 15) is 4.79 Å². The van der Waals surface area contributed by atoms with Crippen molar-refractivity contribution < 1.29 is 9.53 Å². The lowest BCUT2D eigenvalue weighted by Crippen LogP contribution is -2.37. The number of rotatable bonds is 4. The molecule has 0 spiro atoms. The van der Waals surface area contributed by atoms with Gasteiger partial charge in [0.1, 0.15) is 0 Å². The molecule has 3 nitrogen and oxygen atoms in total. The predicted molar refractivity (Wildman–Crippen MR) is 73.5 cm³/mol. The highest BCUT2D eigenvalue weighted by atomic mass is 16.5. The fourth-order valence-corrected chi connectivity index (χ4v) is 1.45. The molecule has 0 aliphatic carbocycles. The maximum absolute atomic E-state index is 11.3. The van der Waals surface area contributed by atoms with Gasteiger partial charge in [-0.1, -0.05) is 32.9 Å². The van der Waals surface area contributed by atoms with E-state index in [-0.39, 0.29) is 11.4 Å². The summed E-state index contributed by atoms with van der Waals surface area (Å²) in [4.78, 5) is 11.3. The fraction of sp³-hybridized carbons (Fsp3) is 0.533. The number of nitrogens with one attached hydrogen (secondary N) is 1. The highest BCUT2D eigenvalue weighted by Gasteiger charge is 2.18. The molecule has 1 aromatic rings. The first-order chi connectivity index (χ1) is 8.34. The van der Waals surface area contributed by atoms with Crippen molar-refractivity contribution in [2.45, 2.75) is 40.3 Å². The van der Waals surface area contributed by atoms with Crippen LogP contribution in [0.4, 0.5) is 0 Å². The van der Waals surface area contributed by atoms with Crippen LogP contribution in [0.1, 0.15) is 43.6 Å². The Morgan fingerprint density at radius 2 is 1.83 bits per heavy atom. The summed E-state index contributed by atoms with van der Waals surface area (Å²) < 4.78 is 4.66. The molecule has 0 heterocycles. The molecule has 100 valence electrons. The van der Waals surface area contributed by atoms with E-state index >= 15 is 0 Å². The van der Waals surface area contributed by atoms with Crippen molar-refractivity contribution in [3.63, 3.8) is 0 Å². The van der Waals surface area contributed by atoms with Gasteiger partial charge in [0, 0.05) is 12.6 Å². The molecule has 0 bridgehead atoms. The Labute approximate surface area is 110 Å². The van der Waals surface area contributed by atoms with Gasteiger partial charge < -0.3 is 10.1 Å². The van der Waals surface area contributed by atoms with Crippen LogP contribution in [-0.2, 0) is 11.3 Å². The number of esters is 1. The number of ether oxygens (including phenoxy) is 1. The largest absolute Gasteiger partial charge is 0.465 e. The van der Waals surface area contributed by atoms with Crippen molar-refractivity contribution >= 4 is 5.97 Å². The number of carbonyl (C=O) groups excluding carboxylic acids is 1. The Hall–Kier alpha value is -1.35. The number of hydrogen-bond acceptors (Lipinski definition) is 3. The van der Waals surface area contributed by atoms with Crippen LogP contribution in [0.15, 0.2) is 24.3 Å². The van der Waals surface area contributed by atoms with Gasteiger partial charge in [-0.25, -0.2) is 4.79 Å². The minimum Gasteiger partial charge on any atom is -0.465 e. The number of methoxy groups -OCH3 is 1. The van der Waals surface area contributed by atoms with Gasteiger partial charge in [-0.05, 0) is 30.0 Å². The summed E-state index contributed by atoms with van der Waals surface area (Å²) in [7, 11) is 1.39. The van der Waals surface area contributed by atoms with E-state index in [1.54, 1.807) is 12.1 Å². The summed E-state index contributed by atoms with van der Waals surface area (Å²) in [5.41, 5.74) is 2.00. The second kappa shape index (κ2) is 6.01. The monoisotopic (exact) mass is 249 g/mol. The van der Waals surface area contributed by atoms with Crippen molar-refractivity contribution in [3.8, 4) is 0 Å². The van der Waals surface area contributed by atoms with E-state index in [2.05, 4.69) is 37.7 Å². The van der Waals surface area contributed by atoms with Crippen molar-refractivity contribution in [2.75, 3.05) is 7.11 Å². The van der Waals surface area contributed by atoms with E-state index in [1.807, 2.05) is 12.1 Å². The molecule has 0 aromatic heterocycles. The van der Waals surface area contributed by atoms with E-state index in [4.69, 9.17) is 0 Å². The third kappa shape index (κ3) is 4.15. The first-order valence-corrected chi connectivity index (χ1v) is 6.25. The molecule has 0 radical (unpaired) electrons. The Kier molecular flexibility index (Phi) is 4.91. The zero-order valence-electron chi connectivity index (χ0n) is 11.9. The molecule has 1 N–H and O–H groups in total. The minimum atomic E-state index is -0.294. The zero-order chi connectivity index (χ0) is 13.8. The summed E-state index contributed by atoms with van der Waals surface area (Å²) >= 11 is 0. The smallest absolute Gasteiger partial charge is 0.337 e. The molecule has 0 saturated heterocycles. The Morgan fingerprint density at radius 3 is 2.28 bits per heavy atom. The summed E-state index contributed by atoms with van der Waals surface area (Å²) in [5.74, 6) is -0.294. The van der Waals surface area contributed by atoms with Gasteiger partial charge >= 0.3 is 5.97 Å². The lowest BCUT2D eigenvalue weighted by Gasteiger charge is -2.28. The summed E-state index contributed by atoms with van der Waals surface area (Å²) in [6.07, 6.45) is 0. The number of hydrogen-bond donors (Lipinski definition) is 1. The third-order valence-corrected chi connectivity index (χ3v) is 3.29. The van der Waals surface area contributed by atoms with Crippen molar-refractivity contribution in [3.05, 3.63) is 35.4 Å². The van der Waals surface area contributed by atoms with Crippen LogP contribution in [0.5, 0.6) is 0 Å². The molecule has 1 aromatic carbocycles. The maximum Gasteiger partial charge on any atom is 0.337 e. The van der Waals surface area contributed by atoms with Crippen LogP contribution in [0.25, 0.3) is 0 Å². The highest BCUT2D eigenvalue weighted by molar-refractivity contribution is 5.89. The molecule has 1 rings (SSSR count). The first-order valence-electron chi connectivity index (χ1n) is 6.25. The molecule has 1 atom stereocenters. The van der Waals surface area contributed by atoms with E-state index in [0.717, 1.165) is 6.54 Å². The summed E-state index contributed by atoms with van der Waals surface area (Å²) in [6.45, 7) is 9.63. The molecule has 0 aliphatic rings. The van der Waals surface area contributed by atoms with Crippen LogP contribution in [0.3, 0.4) is 0 Å². The zero-order valence-corrected chi connectivity index (χ0v) is 11.9. The second-order valence-corrected chi connectivity index (χ2v) is 5.66. The molecule has 0 saturated carbocycles. The summed E-state index contributed by atoms with van der Waals surface area (Å²) in [5, 5.41) is 3.49. The van der Waals surface area contributed by atoms with Gasteiger partial charge in [0.2, 0.25) is 0 Å². The lowest BCUT2D eigenvalue weighted by atomic mass is 9.88. The van der Waals surface area contributed by atoms with Crippen LogP contribution in [0, 0.1) is 5.41 Å². The van der Waals surface area contributed by atoms with Gasteiger partial charge in [0.25, 0.3) is 0 Å². The van der Waals surface area contributed by atoms with Gasteiger partial charge in [0.05, 0.1) is 12.7 Å². The van der Waals surface area contributed by atoms with Crippen LogP contribution >= 0.6 is 0 Å². The average Bonchev–Trinajstić information content (AvgIpc) is 2.34. The van der Waals surface area contributed by atoms with Crippen LogP contribution in [0.2, 0.25) is 0 Å². The van der Waals surface area contributed by atoms with Gasteiger partial charge in [-0.2, -0.15) is 0 Å². The summed E-state index contributed by atoms with van der Waals surface area (Å²) in [6, 6.07) is 7.93. The maximum atomic E-state index is 11.3. The average molecular weight is 249 g/mol. The molecule has 1 unspecified atom stereocenters. The van der Waals surface area contributed by atoms with Crippen molar-refractivity contribution in [1.82, 2.24) is 5.32 Å². The van der Waals surface area contributed by atoms with Crippen molar-refractivity contribution in [2.24, 2.45) is 5.41 Å². The van der Waals surface area contributed by atoms with Gasteiger partial charge in [0.15, 0.2) is 0 Å². The SMILES string of the molecule is COC(=O)c1ccc(CNC(C)C(C)(C)C)cc1. The van der Waals surface area contributed by atoms with E-state index in [0.29, 0.717) is 11.6 Å². The molecule has 3 heteroatoms. The van der Waals surface area contributed by atoms with E-state index < -0.39 is 0 Å². The molecule has 18 heavy (non-hydrogen) atoms. The Bertz CT molecular complexity index is 390. The molecular weight excluding hydrogens is 226 g/mol. The molecule has 0 amide bonds. The minimum absolute atomic E-state index is 0.242. The second-order valence-electron chi connectivity index (χ2n) is 5.66. The normalized spacial score (nSPS) is 13.2. The Morgan fingerprint density at radius 1 is 1.28 bits per heavy atom. The van der Waals surface area contributed by atoms with Gasteiger partial charge in [-0.3, -0.25) is 0 Å². The number of benzene rings is 1. The molecular formula is C15H23NO2. The fourth-order valence-electron chi connectivity index (χ4n) is 1.45. The van der Waals surface area contributed by atoms with Crippen molar-refractivity contribution in [1.29, 1.82) is 0 Å². The lowest BCUT2D eigenvalue weighted by molar-refractivity contribution is 0.0600. The van der Waals surface area contributed by atoms with Crippen LogP contribution < -0.4 is 5.32 Å². The quantitative estimate of drug-likeness (QED) is 0.834. The first kappa shape index (κ1) is 14.7. The number of carbonyl (C=O) groups is 1. The van der Waals surface area contributed by atoms with Gasteiger partial charge in [-0.15, -0.1) is 0 Å². The Balaban J connectivity index is 2.57. The van der Waals surface area contributed by atoms with Crippen LogP contribution in [-0.4, -0.2) is 19.1 Å². The standard InChI is InChI=1S/C15H23NO2/c1-11(15(2,3)4)16-10-12-6-8-13(9-7-12)14(17)18-5/h6-9,11,16H,10H2,1-5H3. The highest BCUT2D eigenvalue weighted by Crippen LogP contribution is 2.18. The predicted octanol–water partition coefficient (Wildman–Crippen LogP) is 3.00. The molecule has 0 fully saturated rings. The third-order valence-electron chi connectivity index (χ3n) is 3.29.